The molecule has 3 heterocycles. The van der Waals surface area contributed by atoms with Crippen LogP contribution in [-0.2, 0) is 9.53 Å². The number of aryl methyl sites for hydroxylation is 1. The molecule has 9 heteroatoms. The summed E-state index contributed by atoms with van der Waals surface area (Å²) >= 11 is 0. The number of aromatic nitrogens is 4. The van der Waals surface area contributed by atoms with Crippen LogP contribution in [0.15, 0.2) is 42.9 Å². The summed E-state index contributed by atoms with van der Waals surface area (Å²) in [6, 6.07) is 7.40. The van der Waals surface area contributed by atoms with Crippen molar-refractivity contribution in [3.63, 3.8) is 0 Å². The number of nitrogens with zero attached hydrogens (tertiary/aromatic N) is 5. The average molecular weight is 432 g/mol. The van der Waals surface area contributed by atoms with Gasteiger partial charge >= 0.3 is 5.97 Å². The predicted octanol–water partition coefficient (Wildman–Crippen LogP) is 2.97. The molecule has 0 unspecified atom stereocenters. The van der Waals surface area contributed by atoms with E-state index in [0.717, 1.165) is 24.1 Å². The van der Waals surface area contributed by atoms with Crippen molar-refractivity contribution >= 4 is 23.5 Å². The summed E-state index contributed by atoms with van der Waals surface area (Å²) in [7, 11) is 1.36. The molecule has 0 bridgehead atoms. The van der Waals surface area contributed by atoms with E-state index >= 15 is 0 Å². The van der Waals surface area contributed by atoms with Gasteiger partial charge in [0, 0.05) is 37.0 Å². The fraction of sp³-hybridized carbons (Fsp3) is 0.348. The number of methoxy groups -OCH3 is 1. The summed E-state index contributed by atoms with van der Waals surface area (Å²) in [4.78, 5) is 35.2. The van der Waals surface area contributed by atoms with E-state index < -0.39 is 5.97 Å². The van der Waals surface area contributed by atoms with E-state index in [0.29, 0.717) is 35.9 Å². The molecule has 9 nitrogen and oxygen atoms in total. The molecule has 0 radical (unpaired) electrons. The van der Waals surface area contributed by atoms with Crippen molar-refractivity contribution in [2.24, 2.45) is 5.92 Å². The molecular weight excluding hydrogens is 408 g/mol. The van der Waals surface area contributed by atoms with Crippen molar-refractivity contribution in [1.29, 1.82) is 0 Å². The molecule has 0 spiro atoms. The summed E-state index contributed by atoms with van der Waals surface area (Å²) in [5, 5.41) is 7.62. The highest BCUT2D eigenvalue weighted by Crippen LogP contribution is 2.34. The quantitative estimate of drug-likeness (QED) is 0.598. The Hall–Kier alpha value is -3.75. The van der Waals surface area contributed by atoms with Gasteiger partial charge in [-0.1, -0.05) is 18.2 Å². The van der Waals surface area contributed by atoms with Crippen LogP contribution in [0.4, 0.5) is 11.6 Å². The first-order valence-electron chi connectivity index (χ1n) is 10.6. The Morgan fingerprint density at radius 2 is 1.94 bits per heavy atom. The lowest BCUT2D eigenvalue weighted by molar-refractivity contribution is -0.138. The molecule has 1 saturated carbocycles. The Kier molecular flexibility index (Phi) is 5.08. The molecular formula is C23H24N6O3. The third-order valence-electron chi connectivity index (χ3n) is 5.89. The molecule has 2 aromatic heterocycles. The van der Waals surface area contributed by atoms with E-state index in [-0.39, 0.29) is 17.9 Å². The molecule has 1 aliphatic heterocycles. The van der Waals surface area contributed by atoms with E-state index in [1.165, 1.54) is 7.11 Å². The number of amides is 1. The Labute approximate surface area is 185 Å². The van der Waals surface area contributed by atoms with Crippen molar-refractivity contribution in [3.8, 4) is 11.3 Å². The monoisotopic (exact) mass is 432 g/mol. The van der Waals surface area contributed by atoms with Crippen LogP contribution in [0.5, 0.6) is 0 Å². The molecule has 1 aromatic carbocycles. The van der Waals surface area contributed by atoms with Gasteiger partial charge in [-0.3, -0.25) is 9.48 Å². The number of benzene rings is 1. The van der Waals surface area contributed by atoms with Crippen LogP contribution in [0.1, 0.15) is 34.8 Å². The van der Waals surface area contributed by atoms with Gasteiger partial charge < -0.3 is 15.0 Å². The zero-order valence-corrected chi connectivity index (χ0v) is 18.0. The second-order valence-corrected chi connectivity index (χ2v) is 8.27. The number of nitrogens with one attached hydrogen (secondary N) is 1. The normalized spacial score (nSPS) is 15.9. The van der Waals surface area contributed by atoms with Crippen LogP contribution in [0.25, 0.3) is 11.3 Å². The molecule has 0 atom stereocenters. The smallest absolute Gasteiger partial charge is 0.338 e. The number of anilines is 2. The summed E-state index contributed by atoms with van der Waals surface area (Å²) in [6.07, 6.45) is 7.39. The molecule has 164 valence electrons. The first-order valence-corrected chi connectivity index (χ1v) is 10.6. The number of carbonyl (C=O) groups is 2. The molecule has 2 aliphatic rings. The van der Waals surface area contributed by atoms with Crippen molar-refractivity contribution in [3.05, 3.63) is 54.0 Å². The lowest BCUT2D eigenvalue weighted by atomic mass is 10.0. The summed E-state index contributed by atoms with van der Waals surface area (Å²) < 4.78 is 6.79. The maximum absolute atomic E-state index is 12.2. The Balaban J connectivity index is 1.31. The number of esters is 1. The maximum Gasteiger partial charge on any atom is 0.338 e. The van der Waals surface area contributed by atoms with Crippen LogP contribution in [0.3, 0.4) is 0 Å². The number of hydrogen-bond donors (Lipinski definition) is 1. The number of ether oxygens (including phenoxy) is 1. The van der Waals surface area contributed by atoms with Gasteiger partial charge in [-0.25, -0.2) is 14.8 Å². The van der Waals surface area contributed by atoms with Crippen molar-refractivity contribution < 1.29 is 14.3 Å². The minimum atomic E-state index is -0.413. The summed E-state index contributed by atoms with van der Waals surface area (Å²) in [5.74, 6) is 0.524. The molecule has 1 N–H and O–H groups in total. The molecule has 32 heavy (non-hydrogen) atoms. The minimum Gasteiger partial charge on any atom is -0.465 e. The van der Waals surface area contributed by atoms with Crippen molar-refractivity contribution in [2.45, 2.75) is 25.8 Å². The van der Waals surface area contributed by atoms with Gasteiger partial charge in [0.05, 0.1) is 36.3 Å². The molecule has 1 saturated heterocycles. The second-order valence-electron chi connectivity index (χ2n) is 8.27. The molecule has 1 amide bonds. The van der Waals surface area contributed by atoms with Gasteiger partial charge in [-0.15, -0.1) is 0 Å². The van der Waals surface area contributed by atoms with E-state index in [1.54, 1.807) is 24.5 Å². The van der Waals surface area contributed by atoms with Crippen molar-refractivity contribution in [2.75, 3.05) is 25.5 Å². The van der Waals surface area contributed by atoms with Gasteiger partial charge in [0.25, 0.3) is 0 Å². The summed E-state index contributed by atoms with van der Waals surface area (Å²) in [5.41, 5.74) is 3.40. The third-order valence-corrected chi connectivity index (χ3v) is 5.89. The first-order chi connectivity index (χ1) is 15.5. The summed E-state index contributed by atoms with van der Waals surface area (Å²) in [6.45, 7) is 3.30. The standard InChI is InChI=1S/C23H24N6O3/c1-14-9-24-23(27-20(14)18-5-3-4-6-19(18)22(31)32-2)26-16-10-25-29(11-16)17-12-28(13-17)21(30)15-7-8-15/h3-6,9-11,15,17H,7-8,12-13H2,1-2H3,(H,24,26,27). The van der Waals surface area contributed by atoms with E-state index in [2.05, 4.69) is 20.4 Å². The lowest BCUT2D eigenvalue weighted by Crippen LogP contribution is -2.51. The van der Waals surface area contributed by atoms with Gasteiger partial charge in [-0.05, 0) is 31.4 Å². The van der Waals surface area contributed by atoms with E-state index in [4.69, 9.17) is 4.74 Å². The Morgan fingerprint density at radius 3 is 2.69 bits per heavy atom. The second kappa shape index (κ2) is 8.07. The van der Waals surface area contributed by atoms with Gasteiger partial charge in [-0.2, -0.15) is 5.10 Å². The number of likely N-dealkylation sites (tertiary alicyclic amines) is 1. The highest BCUT2D eigenvalue weighted by molar-refractivity contribution is 5.97. The molecule has 3 aromatic rings. The maximum atomic E-state index is 12.2. The minimum absolute atomic E-state index is 0.190. The lowest BCUT2D eigenvalue weighted by Gasteiger charge is -2.39. The van der Waals surface area contributed by atoms with E-state index in [9.17, 15) is 9.59 Å². The topological polar surface area (TPSA) is 102 Å². The van der Waals surface area contributed by atoms with Crippen LogP contribution < -0.4 is 5.32 Å². The zero-order valence-electron chi connectivity index (χ0n) is 18.0. The highest BCUT2D eigenvalue weighted by atomic mass is 16.5. The van der Waals surface area contributed by atoms with Crippen LogP contribution in [0, 0.1) is 12.8 Å². The highest BCUT2D eigenvalue weighted by Gasteiger charge is 2.40. The third kappa shape index (κ3) is 3.81. The van der Waals surface area contributed by atoms with Gasteiger partial charge in [0.2, 0.25) is 11.9 Å². The van der Waals surface area contributed by atoms with Gasteiger partial charge in [0.15, 0.2) is 0 Å². The van der Waals surface area contributed by atoms with Crippen LogP contribution >= 0.6 is 0 Å². The number of hydrogen-bond acceptors (Lipinski definition) is 7. The van der Waals surface area contributed by atoms with Gasteiger partial charge in [0.1, 0.15) is 0 Å². The molecule has 5 rings (SSSR count). The fourth-order valence-corrected chi connectivity index (χ4v) is 3.87. The Bertz CT molecular complexity index is 1180. The largest absolute Gasteiger partial charge is 0.465 e. The first kappa shape index (κ1) is 20.2. The number of carbonyl (C=O) groups excluding carboxylic acids is 2. The molecule has 2 fully saturated rings. The predicted molar refractivity (Wildman–Crippen MR) is 117 cm³/mol. The average Bonchev–Trinajstić information content (AvgIpc) is 3.54. The SMILES string of the molecule is COC(=O)c1ccccc1-c1nc(Nc2cnn(C3CN(C(=O)C4CC4)C3)c2)ncc1C. The van der Waals surface area contributed by atoms with E-state index in [1.807, 2.05) is 34.8 Å². The zero-order chi connectivity index (χ0) is 22.2. The fourth-order valence-electron chi connectivity index (χ4n) is 3.87. The molecule has 1 aliphatic carbocycles. The Morgan fingerprint density at radius 1 is 1.16 bits per heavy atom. The van der Waals surface area contributed by atoms with Crippen molar-refractivity contribution in [1.82, 2.24) is 24.6 Å². The number of rotatable bonds is 6. The van der Waals surface area contributed by atoms with Crippen LogP contribution in [-0.4, -0.2) is 56.7 Å². The van der Waals surface area contributed by atoms with Crippen LogP contribution in [0.2, 0.25) is 0 Å².